The van der Waals surface area contributed by atoms with E-state index in [1.807, 2.05) is 53.4 Å². The third kappa shape index (κ3) is 12.5. The Morgan fingerprint density at radius 1 is 0.756 bits per heavy atom. The maximum atomic E-state index is 13.3. The minimum absolute atomic E-state index is 0.0445. The van der Waals surface area contributed by atoms with E-state index in [1.165, 1.54) is 0 Å². The van der Waals surface area contributed by atoms with E-state index in [9.17, 15) is 9.59 Å². The summed E-state index contributed by atoms with van der Waals surface area (Å²) < 4.78 is 21.5. The Morgan fingerprint density at radius 2 is 1.34 bits per heavy atom. The van der Waals surface area contributed by atoms with Crippen LogP contribution < -0.4 is 16.0 Å². The van der Waals surface area contributed by atoms with Gasteiger partial charge < -0.3 is 34.9 Å². The number of ether oxygens (including phenoxy) is 4. The number of para-hydroxylation sites is 1. The Labute approximate surface area is 243 Å². The van der Waals surface area contributed by atoms with Crippen LogP contribution in [0.2, 0.25) is 0 Å². The van der Waals surface area contributed by atoms with Gasteiger partial charge in [-0.2, -0.15) is 0 Å². The van der Waals surface area contributed by atoms with E-state index in [4.69, 9.17) is 24.7 Å². The van der Waals surface area contributed by atoms with E-state index in [0.717, 1.165) is 22.4 Å². The number of Topliss-reactive ketones (excluding diaryl/α,β-unsaturated/α-hetero) is 1. The first-order valence-electron chi connectivity index (χ1n) is 14.4. The van der Waals surface area contributed by atoms with Crippen LogP contribution >= 0.6 is 0 Å². The molecule has 0 spiro atoms. The number of hydrogen-bond acceptors (Lipinski definition) is 8. The largest absolute Gasteiger partial charge is 0.378 e. The van der Waals surface area contributed by atoms with E-state index in [2.05, 4.69) is 17.2 Å². The highest BCUT2D eigenvalue weighted by Gasteiger charge is 2.20. The Kier molecular flexibility index (Phi) is 15.7. The summed E-state index contributed by atoms with van der Waals surface area (Å²) in [7, 11) is 0. The first kappa shape index (κ1) is 32.4. The minimum atomic E-state index is 0.0445. The van der Waals surface area contributed by atoms with Gasteiger partial charge in [0.05, 0.1) is 71.6 Å². The molecule has 0 saturated heterocycles. The van der Waals surface area contributed by atoms with Crippen LogP contribution in [-0.2, 0) is 35.1 Å². The summed E-state index contributed by atoms with van der Waals surface area (Å²) in [4.78, 5) is 27.3. The number of hydrogen-bond donors (Lipinski definition) is 2. The number of benzene rings is 2. The second kappa shape index (κ2) is 19.9. The molecule has 1 amide bonds. The van der Waals surface area contributed by atoms with E-state index in [0.29, 0.717) is 105 Å². The summed E-state index contributed by atoms with van der Waals surface area (Å²) in [5.41, 5.74) is 9.00. The molecular formula is C32H43N3O6. The molecule has 222 valence electrons. The second-order valence-electron chi connectivity index (χ2n) is 9.56. The standard InChI is InChI=1S/C32H43N3O6/c33-15-17-38-19-21-40-23-24-41-22-20-39-18-16-34-25-30(36)10-4-6-12-32(37)35-26-29-9-2-1-7-27(29)13-14-28-8-3-5-11-31(28)35/h1-3,5,7-9,11,34H,4,6,10,12,15-26,33H2. The maximum absolute atomic E-state index is 13.3. The summed E-state index contributed by atoms with van der Waals surface area (Å²) in [6, 6.07) is 15.7. The third-order valence-corrected chi connectivity index (χ3v) is 6.39. The van der Waals surface area contributed by atoms with Crippen molar-refractivity contribution in [1.29, 1.82) is 0 Å². The van der Waals surface area contributed by atoms with Crippen LogP contribution in [0, 0.1) is 11.8 Å². The highest BCUT2D eigenvalue weighted by Crippen LogP contribution is 2.26. The Bertz CT molecular complexity index is 1130. The molecule has 1 aliphatic rings. The second-order valence-corrected chi connectivity index (χ2v) is 9.56. The monoisotopic (exact) mass is 565 g/mol. The van der Waals surface area contributed by atoms with Crippen LogP contribution in [0.3, 0.4) is 0 Å². The lowest BCUT2D eigenvalue weighted by molar-refractivity contribution is -0.120. The summed E-state index contributed by atoms with van der Waals surface area (Å²) in [6.07, 6.45) is 2.17. The molecule has 0 unspecified atom stereocenters. The van der Waals surface area contributed by atoms with Gasteiger partial charge in [0, 0.05) is 37.1 Å². The van der Waals surface area contributed by atoms with Crippen LogP contribution in [0.1, 0.15) is 42.4 Å². The summed E-state index contributed by atoms with van der Waals surface area (Å²) in [5, 5.41) is 3.12. The van der Waals surface area contributed by atoms with Crippen molar-refractivity contribution in [2.24, 2.45) is 5.73 Å². The van der Waals surface area contributed by atoms with Crippen molar-refractivity contribution in [3.05, 3.63) is 65.2 Å². The van der Waals surface area contributed by atoms with Crippen molar-refractivity contribution >= 4 is 17.4 Å². The number of rotatable bonds is 21. The molecule has 0 radical (unpaired) electrons. The van der Waals surface area contributed by atoms with Crippen LogP contribution in [0.15, 0.2) is 48.5 Å². The summed E-state index contributed by atoms with van der Waals surface area (Å²) >= 11 is 0. The zero-order valence-corrected chi connectivity index (χ0v) is 23.9. The molecule has 1 aliphatic heterocycles. The van der Waals surface area contributed by atoms with Gasteiger partial charge in [0.2, 0.25) is 5.91 Å². The van der Waals surface area contributed by atoms with Crippen LogP contribution in [0.4, 0.5) is 5.69 Å². The fourth-order valence-electron chi connectivity index (χ4n) is 4.25. The molecule has 0 atom stereocenters. The number of unbranched alkanes of at least 4 members (excludes halogenated alkanes) is 1. The molecule has 9 nitrogen and oxygen atoms in total. The number of anilines is 1. The molecule has 9 heteroatoms. The predicted molar refractivity (Wildman–Crippen MR) is 159 cm³/mol. The Hall–Kier alpha value is -3.10. The van der Waals surface area contributed by atoms with Crippen molar-refractivity contribution < 1.29 is 28.5 Å². The molecule has 0 fully saturated rings. The quantitative estimate of drug-likeness (QED) is 0.176. The Morgan fingerprint density at radius 3 is 2.07 bits per heavy atom. The highest BCUT2D eigenvalue weighted by atomic mass is 16.6. The molecule has 3 rings (SSSR count). The number of ketones is 1. The number of fused-ring (bicyclic) bond motifs is 2. The van der Waals surface area contributed by atoms with Gasteiger partial charge in [-0.05, 0) is 36.6 Å². The van der Waals surface area contributed by atoms with Gasteiger partial charge in [0.25, 0.3) is 0 Å². The van der Waals surface area contributed by atoms with Crippen molar-refractivity contribution in [2.75, 3.05) is 77.4 Å². The van der Waals surface area contributed by atoms with E-state index in [-0.39, 0.29) is 11.7 Å². The molecule has 0 aliphatic carbocycles. The van der Waals surface area contributed by atoms with Crippen molar-refractivity contribution in [3.63, 3.8) is 0 Å². The smallest absolute Gasteiger partial charge is 0.227 e. The Balaban J connectivity index is 1.22. The van der Waals surface area contributed by atoms with E-state index >= 15 is 0 Å². The molecule has 0 aromatic heterocycles. The summed E-state index contributed by atoms with van der Waals surface area (Å²) in [5.74, 6) is 6.64. The number of carbonyl (C=O) groups excluding carboxylic acids is 2. The molecule has 0 saturated carbocycles. The van der Waals surface area contributed by atoms with Crippen LogP contribution in [0.25, 0.3) is 0 Å². The number of nitrogens with zero attached hydrogens (tertiary/aromatic N) is 1. The van der Waals surface area contributed by atoms with Gasteiger partial charge in [0.1, 0.15) is 5.78 Å². The molecule has 41 heavy (non-hydrogen) atoms. The lowest BCUT2D eigenvalue weighted by Crippen LogP contribution is -2.31. The zero-order chi connectivity index (χ0) is 29.0. The number of nitrogens with two attached hydrogens (primary N) is 1. The van der Waals surface area contributed by atoms with Crippen LogP contribution in [-0.4, -0.2) is 84.2 Å². The molecular weight excluding hydrogens is 522 g/mol. The topological polar surface area (TPSA) is 112 Å². The fraction of sp³-hybridized carbons (Fsp3) is 0.500. The number of amides is 1. The van der Waals surface area contributed by atoms with E-state index in [1.54, 1.807) is 0 Å². The fourth-order valence-corrected chi connectivity index (χ4v) is 4.25. The van der Waals surface area contributed by atoms with Gasteiger partial charge in [-0.1, -0.05) is 42.2 Å². The van der Waals surface area contributed by atoms with Gasteiger partial charge in [0.15, 0.2) is 0 Å². The first-order valence-corrected chi connectivity index (χ1v) is 14.4. The third-order valence-electron chi connectivity index (χ3n) is 6.39. The predicted octanol–water partition coefficient (Wildman–Crippen LogP) is 2.68. The maximum Gasteiger partial charge on any atom is 0.227 e. The lowest BCUT2D eigenvalue weighted by Gasteiger charge is -2.26. The zero-order valence-electron chi connectivity index (χ0n) is 23.9. The first-order chi connectivity index (χ1) is 20.2. The highest BCUT2D eigenvalue weighted by molar-refractivity contribution is 5.95. The van der Waals surface area contributed by atoms with Crippen LogP contribution in [0.5, 0.6) is 0 Å². The van der Waals surface area contributed by atoms with Crippen molar-refractivity contribution in [1.82, 2.24) is 5.32 Å². The minimum Gasteiger partial charge on any atom is -0.378 e. The molecule has 0 bridgehead atoms. The average molecular weight is 566 g/mol. The molecule has 3 N–H and O–H groups in total. The van der Waals surface area contributed by atoms with Gasteiger partial charge in [-0.25, -0.2) is 0 Å². The molecule has 1 heterocycles. The number of carbonyl (C=O) groups is 2. The molecule has 2 aromatic rings. The lowest BCUT2D eigenvalue weighted by atomic mass is 10.0. The van der Waals surface area contributed by atoms with E-state index < -0.39 is 0 Å². The molecule has 2 aromatic carbocycles. The van der Waals surface area contributed by atoms with Crippen molar-refractivity contribution in [3.8, 4) is 11.8 Å². The normalized spacial score (nSPS) is 12.1. The number of nitrogens with one attached hydrogen (secondary N) is 1. The average Bonchev–Trinajstić information content (AvgIpc) is 2.98. The van der Waals surface area contributed by atoms with Crippen molar-refractivity contribution in [2.45, 2.75) is 32.2 Å². The summed E-state index contributed by atoms with van der Waals surface area (Å²) in [6.45, 7) is 6.01. The van der Waals surface area contributed by atoms with Gasteiger partial charge >= 0.3 is 0 Å². The van der Waals surface area contributed by atoms with Gasteiger partial charge in [-0.15, -0.1) is 0 Å². The van der Waals surface area contributed by atoms with Gasteiger partial charge in [-0.3, -0.25) is 9.59 Å². The SMILES string of the molecule is NCCOCCOCCOCCOCCNCC(=O)CCCCC(=O)N1Cc2ccccc2C#Cc2ccccc21.